The lowest BCUT2D eigenvalue weighted by Gasteiger charge is -2.40. The van der Waals surface area contributed by atoms with Gasteiger partial charge < -0.3 is 14.8 Å². The van der Waals surface area contributed by atoms with E-state index in [1.807, 2.05) is 12.1 Å². The molecule has 1 N–H and O–H groups in total. The molecule has 1 aliphatic rings. The van der Waals surface area contributed by atoms with E-state index >= 15 is 0 Å². The van der Waals surface area contributed by atoms with Crippen molar-refractivity contribution in [1.82, 2.24) is 5.32 Å². The summed E-state index contributed by atoms with van der Waals surface area (Å²) >= 11 is 0. The van der Waals surface area contributed by atoms with Crippen LogP contribution in [0.25, 0.3) is 0 Å². The van der Waals surface area contributed by atoms with Crippen molar-refractivity contribution in [2.24, 2.45) is 5.92 Å². The Labute approximate surface area is 116 Å². The molecule has 3 nitrogen and oxygen atoms in total. The van der Waals surface area contributed by atoms with Crippen LogP contribution >= 0.6 is 0 Å². The molecule has 1 saturated heterocycles. The predicted molar refractivity (Wildman–Crippen MR) is 77.5 cm³/mol. The molecule has 1 aromatic carbocycles. The summed E-state index contributed by atoms with van der Waals surface area (Å²) in [6, 6.07) is 8.17. The van der Waals surface area contributed by atoms with E-state index in [1.54, 1.807) is 7.11 Å². The molecule has 2 rings (SSSR count). The second-order valence-corrected chi connectivity index (χ2v) is 6.06. The summed E-state index contributed by atoms with van der Waals surface area (Å²) < 4.78 is 11.5. The molecule has 0 amide bonds. The first-order chi connectivity index (χ1) is 9.02. The second kappa shape index (κ2) is 5.93. The van der Waals surface area contributed by atoms with Crippen LogP contribution in [0.3, 0.4) is 0 Å². The summed E-state index contributed by atoms with van der Waals surface area (Å²) in [6.45, 7) is 8.49. The lowest BCUT2D eigenvalue weighted by atomic mass is 9.91. The smallest absolute Gasteiger partial charge is 0.118 e. The summed E-state index contributed by atoms with van der Waals surface area (Å²) in [6.07, 6.45) is 1.20. The molecule has 0 spiro atoms. The molecule has 0 aliphatic carbocycles. The number of methoxy groups -OCH3 is 1. The standard InChI is InChI=1S/C16H25NO2/c1-12(2)9-16(3)11-17-10-15(19-16)13-5-7-14(18-4)8-6-13/h5-8,12,15,17H,9-11H2,1-4H3. The van der Waals surface area contributed by atoms with Crippen LogP contribution in [0.4, 0.5) is 0 Å². The normalized spacial score (nSPS) is 27.5. The highest BCUT2D eigenvalue weighted by atomic mass is 16.5. The SMILES string of the molecule is COc1ccc(C2CNCC(C)(CC(C)C)O2)cc1. The molecule has 106 valence electrons. The number of ether oxygens (including phenoxy) is 2. The van der Waals surface area contributed by atoms with Crippen molar-refractivity contribution < 1.29 is 9.47 Å². The zero-order valence-corrected chi connectivity index (χ0v) is 12.4. The van der Waals surface area contributed by atoms with E-state index in [9.17, 15) is 0 Å². The van der Waals surface area contributed by atoms with Crippen molar-refractivity contribution in [1.29, 1.82) is 0 Å². The molecule has 1 aliphatic heterocycles. The van der Waals surface area contributed by atoms with E-state index in [4.69, 9.17) is 9.47 Å². The zero-order chi connectivity index (χ0) is 13.9. The number of hydrogen-bond acceptors (Lipinski definition) is 3. The molecule has 2 atom stereocenters. The Morgan fingerprint density at radius 1 is 1.37 bits per heavy atom. The third kappa shape index (κ3) is 3.71. The van der Waals surface area contributed by atoms with Crippen molar-refractivity contribution in [3.8, 4) is 5.75 Å². The van der Waals surface area contributed by atoms with Gasteiger partial charge in [0.25, 0.3) is 0 Å². The quantitative estimate of drug-likeness (QED) is 0.905. The minimum absolute atomic E-state index is 0.0724. The summed E-state index contributed by atoms with van der Waals surface area (Å²) in [5, 5.41) is 3.50. The van der Waals surface area contributed by atoms with Crippen molar-refractivity contribution >= 4 is 0 Å². The summed E-state index contributed by atoms with van der Waals surface area (Å²) in [5.41, 5.74) is 1.14. The van der Waals surface area contributed by atoms with Crippen LogP contribution < -0.4 is 10.1 Å². The maximum absolute atomic E-state index is 6.34. The first-order valence-electron chi connectivity index (χ1n) is 7.05. The number of hydrogen-bond donors (Lipinski definition) is 1. The molecule has 3 heteroatoms. The molecule has 0 bridgehead atoms. The van der Waals surface area contributed by atoms with Crippen LogP contribution in [0.15, 0.2) is 24.3 Å². The average molecular weight is 263 g/mol. The number of benzene rings is 1. The monoisotopic (exact) mass is 263 g/mol. The number of nitrogens with one attached hydrogen (secondary N) is 1. The zero-order valence-electron chi connectivity index (χ0n) is 12.4. The predicted octanol–water partition coefficient (Wildman–Crippen LogP) is 3.16. The fourth-order valence-corrected chi connectivity index (χ4v) is 2.88. The van der Waals surface area contributed by atoms with Gasteiger partial charge in [0, 0.05) is 13.1 Å². The maximum Gasteiger partial charge on any atom is 0.118 e. The molecule has 2 unspecified atom stereocenters. The molecular formula is C16H25NO2. The van der Waals surface area contributed by atoms with E-state index in [0.29, 0.717) is 5.92 Å². The van der Waals surface area contributed by atoms with Gasteiger partial charge in [0.05, 0.1) is 18.8 Å². The van der Waals surface area contributed by atoms with Gasteiger partial charge in [-0.05, 0) is 37.0 Å². The minimum atomic E-state index is -0.0724. The summed E-state index contributed by atoms with van der Waals surface area (Å²) in [4.78, 5) is 0. The average Bonchev–Trinajstić information content (AvgIpc) is 2.37. The first kappa shape index (κ1) is 14.4. The Balaban J connectivity index is 2.07. The third-order valence-corrected chi connectivity index (χ3v) is 3.58. The van der Waals surface area contributed by atoms with Crippen LogP contribution in [-0.2, 0) is 4.74 Å². The third-order valence-electron chi connectivity index (χ3n) is 3.58. The highest BCUT2D eigenvalue weighted by molar-refractivity contribution is 5.29. The van der Waals surface area contributed by atoms with Crippen LogP contribution in [0.1, 0.15) is 38.9 Å². The van der Waals surface area contributed by atoms with Crippen molar-refractivity contribution in [3.63, 3.8) is 0 Å². The van der Waals surface area contributed by atoms with Crippen molar-refractivity contribution in [2.45, 2.75) is 38.9 Å². The van der Waals surface area contributed by atoms with Gasteiger partial charge in [-0.15, -0.1) is 0 Å². The Hall–Kier alpha value is -1.06. The van der Waals surface area contributed by atoms with Gasteiger partial charge in [-0.3, -0.25) is 0 Å². The lowest BCUT2D eigenvalue weighted by molar-refractivity contribution is -0.117. The van der Waals surface area contributed by atoms with E-state index in [1.165, 1.54) is 5.56 Å². The van der Waals surface area contributed by atoms with Crippen LogP contribution in [0.2, 0.25) is 0 Å². The van der Waals surface area contributed by atoms with Gasteiger partial charge >= 0.3 is 0 Å². The molecule has 19 heavy (non-hydrogen) atoms. The summed E-state index contributed by atoms with van der Waals surface area (Å²) in [7, 11) is 1.69. The van der Waals surface area contributed by atoms with E-state index in [2.05, 4.69) is 38.2 Å². The lowest BCUT2D eigenvalue weighted by Crippen LogP contribution is -2.49. The summed E-state index contributed by atoms with van der Waals surface area (Å²) in [5.74, 6) is 1.53. The van der Waals surface area contributed by atoms with Gasteiger partial charge in [-0.2, -0.15) is 0 Å². The Morgan fingerprint density at radius 3 is 2.63 bits per heavy atom. The van der Waals surface area contributed by atoms with Gasteiger partial charge in [0.1, 0.15) is 5.75 Å². The van der Waals surface area contributed by atoms with E-state index in [-0.39, 0.29) is 11.7 Å². The largest absolute Gasteiger partial charge is 0.497 e. The Kier molecular flexibility index (Phi) is 4.48. The highest BCUT2D eigenvalue weighted by Crippen LogP contribution is 2.32. The van der Waals surface area contributed by atoms with Crippen LogP contribution in [0, 0.1) is 5.92 Å². The molecule has 1 aromatic rings. The first-order valence-corrected chi connectivity index (χ1v) is 7.05. The molecule has 1 heterocycles. The number of morpholine rings is 1. The van der Waals surface area contributed by atoms with Crippen LogP contribution in [-0.4, -0.2) is 25.8 Å². The molecule has 1 fully saturated rings. The Morgan fingerprint density at radius 2 is 2.05 bits per heavy atom. The van der Waals surface area contributed by atoms with E-state index in [0.717, 1.165) is 25.3 Å². The van der Waals surface area contributed by atoms with Crippen molar-refractivity contribution in [2.75, 3.05) is 20.2 Å². The molecule has 0 aromatic heterocycles. The number of rotatable bonds is 4. The van der Waals surface area contributed by atoms with Gasteiger partial charge in [0.15, 0.2) is 0 Å². The topological polar surface area (TPSA) is 30.5 Å². The van der Waals surface area contributed by atoms with Gasteiger partial charge in [0.2, 0.25) is 0 Å². The fraction of sp³-hybridized carbons (Fsp3) is 0.625. The van der Waals surface area contributed by atoms with Gasteiger partial charge in [-0.1, -0.05) is 26.0 Å². The second-order valence-electron chi connectivity index (χ2n) is 6.06. The molecule has 0 saturated carbocycles. The molecular weight excluding hydrogens is 238 g/mol. The van der Waals surface area contributed by atoms with Gasteiger partial charge in [-0.25, -0.2) is 0 Å². The fourth-order valence-electron chi connectivity index (χ4n) is 2.88. The van der Waals surface area contributed by atoms with E-state index < -0.39 is 0 Å². The van der Waals surface area contributed by atoms with Crippen LogP contribution in [0.5, 0.6) is 5.75 Å². The van der Waals surface area contributed by atoms with Crippen molar-refractivity contribution in [3.05, 3.63) is 29.8 Å². The highest BCUT2D eigenvalue weighted by Gasteiger charge is 2.33. The minimum Gasteiger partial charge on any atom is -0.497 e. The maximum atomic E-state index is 6.34. The Bertz CT molecular complexity index is 402. The molecule has 0 radical (unpaired) electrons.